The number of hydrogen-bond donors (Lipinski definition) is 0. The van der Waals surface area contributed by atoms with Crippen LogP contribution in [0, 0.1) is 5.92 Å². The molecule has 4 nitrogen and oxygen atoms in total. The first-order chi connectivity index (χ1) is 11.2. The smallest absolute Gasteiger partial charge is 0.186 e. The number of Topliss-reactive ketones (excluding diaryl/α,β-unsaturated/α-hetero) is 1. The summed E-state index contributed by atoms with van der Waals surface area (Å²) in [5.41, 5.74) is 2.01. The van der Waals surface area contributed by atoms with Gasteiger partial charge in [0.05, 0.1) is 0 Å². The molecule has 1 aromatic carbocycles. The van der Waals surface area contributed by atoms with E-state index in [9.17, 15) is 4.79 Å². The van der Waals surface area contributed by atoms with E-state index in [-0.39, 0.29) is 11.7 Å². The standard InChI is InChI=1S/C19H23N3O/c1-21-10-9-18(20-21)19(23)15-11-16-7-8-17(12-15)22(16)13-14-5-3-2-4-6-14/h2-6,9-10,15-17H,7-8,11-13H2,1H3. The summed E-state index contributed by atoms with van der Waals surface area (Å²) < 4.78 is 1.71. The summed E-state index contributed by atoms with van der Waals surface area (Å²) in [7, 11) is 1.86. The van der Waals surface area contributed by atoms with Crippen LogP contribution in [0.2, 0.25) is 0 Å². The van der Waals surface area contributed by atoms with Gasteiger partial charge in [-0.05, 0) is 37.3 Å². The van der Waals surface area contributed by atoms with E-state index in [4.69, 9.17) is 0 Å². The fraction of sp³-hybridized carbons (Fsp3) is 0.474. The van der Waals surface area contributed by atoms with Crippen molar-refractivity contribution in [3.8, 4) is 0 Å². The van der Waals surface area contributed by atoms with Crippen molar-refractivity contribution in [2.24, 2.45) is 13.0 Å². The highest BCUT2D eigenvalue weighted by Gasteiger charge is 2.43. The van der Waals surface area contributed by atoms with Crippen LogP contribution >= 0.6 is 0 Å². The van der Waals surface area contributed by atoms with Crippen LogP contribution in [-0.2, 0) is 13.6 Å². The van der Waals surface area contributed by atoms with E-state index in [1.54, 1.807) is 4.68 Å². The van der Waals surface area contributed by atoms with E-state index in [0.717, 1.165) is 19.4 Å². The van der Waals surface area contributed by atoms with Gasteiger partial charge in [-0.25, -0.2) is 0 Å². The van der Waals surface area contributed by atoms with Crippen LogP contribution in [-0.4, -0.2) is 32.5 Å². The zero-order valence-corrected chi connectivity index (χ0v) is 13.6. The molecule has 2 fully saturated rings. The Bertz CT molecular complexity index is 680. The van der Waals surface area contributed by atoms with E-state index in [2.05, 4.69) is 40.3 Å². The van der Waals surface area contributed by atoms with Crippen LogP contribution in [0.5, 0.6) is 0 Å². The van der Waals surface area contributed by atoms with E-state index in [1.807, 2.05) is 19.3 Å². The van der Waals surface area contributed by atoms with Gasteiger partial charge in [-0.15, -0.1) is 0 Å². The molecule has 2 bridgehead atoms. The lowest BCUT2D eigenvalue weighted by Gasteiger charge is -2.38. The molecule has 2 aromatic rings. The van der Waals surface area contributed by atoms with Crippen LogP contribution in [0.4, 0.5) is 0 Å². The number of aryl methyl sites for hydroxylation is 1. The Morgan fingerprint density at radius 2 is 1.83 bits per heavy atom. The zero-order valence-electron chi connectivity index (χ0n) is 13.6. The minimum Gasteiger partial charge on any atom is -0.293 e. The minimum absolute atomic E-state index is 0.148. The van der Waals surface area contributed by atoms with Gasteiger partial charge in [0.25, 0.3) is 0 Å². The highest BCUT2D eigenvalue weighted by molar-refractivity contribution is 5.96. The van der Waals surface area contributed by atoms with Crippen molar-refractivity contribution in [3.05, 3.63) is 53.9 Å². The number of piperidine rings is 1. The SMILES string of the molecule is Cn1ccc(C(=O)C2CC3CCC(C2)N3Cc2ccccc2)n1. The maximum Gasteiger partial charge on any atom is 0.186 e. The van der Waals surface area contributed by atoms with E-state index in [1.165, 1.54) is 18.4 Å². The Balaban J connectivity index is 1.46. The summed E-state index contributed by atoms with van der Waals surface area (Å²) in [6, 6.07) is 13.6. The highest BCUT2D eigenvalue weighted by Crippen LogP contribution is 2.40. The van der Waals surface area contributed by atoms with E-state index < -0.39 is 0 Å². The van der Waals surface area contributed by atoms with Crippen molar-refractivity contribution < 1.29 is 4.79 Å². The normalized spacial score (nSPS) is 27.3. The second-order valence-corrected chi connectivity index (χ2v) is 6.95. The lowest BCUT2D eigenvalue weighted by Crippen LogP contribution is -2.44. The van der Waals surface area contributed by atoms with Crippen molar-refractivity contribution in [2.45, 2.75) is 44.3 Å². The minimum atomic E-state index is 0.148. The molecule has 2 saturated heterocycles. The fourth-order valence-corrected chi connectivity index (χ4v) is 4.30. The number of aromatic nitrogens is 2. The number of ketones is 1. The molecule has 0 radical (unpaired) electrons. The molecule has 0 aliphatic carbocycles. The molecule has 4 rings (SSSR count). The zero-order chi connectivity index (χ0) is 15.8. The molecule has 4 heteroatoms. The predicted octanol–water partition coefficient (Wildman–Crippen LogP) is 3.05. The second kappa shape index (κ2) is 5.93. The summed E-state index contributed by atoms with van der Waals surface area (Å²) in [5.74, 6) is 0.385. The molecule has 2 unspecified atom stereocenters. The monoisotopic (exact) mass is 309 g/mol. The van der Waals surface area contributed by atoms with Gasteiger partial charge < -0.3 is 0 Å². The molecular formula is C19H23N3O. The van der Waals surface area contributed by atoms with Crippen molar-refractivity contribution in [2.75, 3.05) is 0 Å². The highest BCUT2D eigenvalue weighted by atomic mass is 16.1. The van der Waals surface area contributed by atoms with Crippen LogP contribution < -0.4 is 0 Å². The molecule has 0 spiro atoms. The van der Waals surface area contributed by atoms with Crippen molar-refractivity contribution in [3.63, 3.8) is 0 Å². The molecule has 3 heterocycles. The molecule has 0 amide bonds. The fourth-order valence-electron chi connectivity index (χ4n) is 4.30. The third-order valence-electron chi connectivity index (χ3n) is 5.43. The van der Waals surface area contributed by atoms with Gasteiger partial charge in [0.1, 0.15) is 5.69 Å². The molecular weight excluding hydrogens is 286 g/mol. The molecule has 0 N–H and O–H groups in total. The number of carbonyl (C=O) groups is 1. The first-order valence-electron chi connectivity index (χ1n) is 8.54. The Hall–Kier alpha value is -1.94. The average molecular weight is 309 g/mol. The third kappa shape index (κ3) is 2.83. The van der Waals surface area contributed by atoms with E-state index >= 15 is 0 Å². The van der Waals surface area contributed by atoms with Gasteiger partial charge >= 0.3 is 0 Å². The van der Waals surface area contributed by atoms with Gasteiger partial charge in [0, 0.05) is 37.8 Å². The molecule has 2 aliphatic rings. The van der Waals surface area contributed by atoms with Crippen molar-refractivity contribution in [1.82, 2.24) is 14.7 Å². The Kier molecular flexibility index (Phi) is 3.77. The topological polar surface area (TPSA) is 38.1 Å². The maximum absolute atomic E-state index is 12.7. The van der Waals surface area contributed by atoms with Crippen LogP contribution in [0.25, 0.3) is 0 Å². The average Bonchev–Trinajstić information content (AvgIpc) is 3.08. The summed E-state index contributed by atoms with van der Waals surface area (Å²) in [6.45, 7) is 1.01. The lowest BCUT2D eigenvalue weighted by atomic mass is 9.86. The lowest BCUT2D eigenvalue weighted by molar-refractivity contribution is 0.0673. The largest absolute Gasteiger partial charge is 0.293 e. The molecule has 0 saturated carbocycles. The quantitative estimate of drug-likeness (QED) is 0.815. The van der Waals surface area contributed by atoms with Crippen molar-refractivity contribution >= 4 is 5.78 Å². The van der Waals surface area contributed by atoms with Crippen LogP contribution in [0.15, 0.2) is 42.6 Å². The number of carbonyl (C=O) groups excluding carboxylic acids is 1. The summed E-state index contributed by atoms with van der Waals surface area (Å²) in [6.07, 6.45) is 6.27. The third-order valence-corrected chi connectivity index (χ3v) is 5.43. The number of benzene rings is 1. The van der Waals surface area contributed by atoms with E-state index in [0.29, 0.717) is 17.8 Å². The Labute approximate surface area is 137 Å². The van der Waals surface area contributed by atoms with Gasteiger partial charge in [0.15, 0.2) is 5.78 Å². The van der Waals surface area contributed by atoms with Gasteiger partial charge in [-0.3, -0.25) is 14.4 Å². The molecule has 2 aliphatic heterocycles. The van der Waals surface area contributed by atoms with Crippen molar-refractivity contribution in [1.29, 1.82) is 0 Å². The summed E-state index contributed by atoms with van der Waals surface area (Å²) in [4.78, 5) is 15.3. The summed E-state index contributed by atoms with van der Waals surface area (Å²) in [5, 5.41) is 4.30. The predicted molar refractivity (Wildman–Crippen MR) is 89.1 cm³/mol. The number of rotatable bonds is 4. The van der Waals surface area contributed by atoms with Crippen LogP contribution in [0.3, 0.4) is 0 Å². The summed E-state index contributed by atoms with van der Waals surface area (Å²) >= 11 is 0. The van der Waals surface area contributed by atoms with Gasteiger partial charge in [-0.2, -0.15) is 5.10 Å². The number of fused-ring (bicyclic) bond motifs is 2. The maximum atomic E-state index is 12.7. The van der Waals surface area contributed by atoms with Crippen LogP contribution in [0.1, 0.15) is 41.7 Å². The first-order valence-corrected chi connectivity index (χ1v) is 8.54. The number of hydrogen-bond acceptors (Lipinski definition) is 3. The Morgan fingerprint density at radius 1 is 1.13 bits per heavy atom. The molecule has 23 heavy (non-hydrogen) atoms. The molecule has 1 aromatic heterocycles. The number of nitrogens with zero attached hydrogens (tertiary/aromatic N) is 3. The van der Waals surface area contributed by atoms with Gasteiger partial charge in [-0.1, -0.05) is 30.3 Å². The second-order valence-electron chi connectivity index (χ2n) is 6.95. The molecule has 120 valence electrons. The first kappa shape index (κ1) is 14.6. The Morgan fingerprint density at radius 3 is 2.43 bits per heavy atom. The molecule has 2 atom stereocenters. The van der Waals surface area contributed by atoms with Gasteiger partial charge in [0.2, 0.25) is 0 Å².